The van der Waals surface area contributed by atoms with E-state index in [1.165, 1.54) is 23.4 Å². The summed E-state index contributed by atoms with van der Waals surface area (Å²) in [6, 6.07) is 13.3. The Labute approximate surface area is 175 Å². The fourth-order valence-electron chi connectivity index (χ4n) is 4.05. The number of aryl methyl sites for hydroxylation is 1. The van der Waals surface area contributed by atoms with Crippen LogP contribution >= 0.6 is 0 Å². The van der Waals surface area contributed by atoms with Gasteiger partial charge in [0.25, 0.3) is 0 Å². The van der Waals surface area contributed by atoms with Crippen LogP contribution in [0.2, 0.25) is 0 Å². The maximum Gasteiger partial charge on any atom is 0.246 e. The Bertz CT molecular complexity index is 1030. The number of morpholine rings is 1. The molecule has 0 saturated carbocycles. The van der Waals surface area contributed by atoms with Gasteiger partial charge < -0.3 is 15.0 Å². The van der Waals surface area contributed by atoms with E-state index < -0.39 is 0 Å². The Kier molecular flexibility index (Phi) is 5.10. The van der Waals surface area contributed by atoms with Gasteiger partial charge >= 0.3 is 0 Å². The molecule has 3 aromatic rings. The van der Waals surface area contributed by atoms with Gasteiger partial charge in [-0.05, 0) is 48.9 Å². The molecule has 156 valence electrons. The largest absolute Gasteiger partial charge is 0.379 e. The molecule has 0 unspecified atom stereocenters. The molecule has 2 aliphatic rings. The number of nitrogens with zero attached hydrogens (tertiary/aromatic N) is 5. The Hall–Kier alpha value is -2.97. The Morgan fingerprint density at radius 1 is 1.07 bits per heavy atom. The van der Waals surface area contributed by atoms with Crippen molar-refractivity contribution >= 4 is 17.3 Å². The molecule has 8 heteroatoms. The monoisotopic (exact) mass is 408 g/mol. The van der Waals surface area contributed by atoms with Crippen molar-refractivity contribution in [3.63, 3.8) is 0 Å². The van der Waals surface area contributed by atoms with E-state index >= 15 is 0 Å². The van der Waals surface area contributed by atoms with E-state index in [0.717, 1.165) is 45.1 Å². The zero-order valence-electron chi connectivity index (χ0n) is 17.0. The first kappa shape index (κ1) is 19.0. The van der Waals surface area contributed by atoms with Gasteiger partial charge in [0, 0.05) is 43.6 Å². The number of rotatable bonds is 5. The molecule has 0 aliphatic carbocycles. The Balaban J connectivity index is 1.27. The van der Waals surface area contributed by atoms with Crippen molar-refractivity contribution in [1.29, 1.82) is 0 Å². The number of hydrogen-bond donors (Lipinski definition) is 1. The zero-order chi connectivity index (χ0) is 20.5. The number of aromatic nitrogens is 3. The lowest BCUT2D eigenvalue weighted by molar-refractivity contribution is 0.0105. The summed E-state index contributed by atoms with van der Waals surface area (Å²) >= 11 is 0. The van der Waals surface area contributed by atoms with E-state index in [2.05, 4.69) is 50.3 Å². The zero-order valence-corrected chi connectivity index (χ0v) is 17.0. The molecular weight excluding hydrogens is 383 g/mol. The average molecular weight is 408 g/mol. The minimum Gasteiger partial charge on any atom is -0.379 e. The first-order chi connectivity index (χ1) is 14.6. The third kappa shape index (κ3) is 4.01. The Morgan fingerprint density at radius 3 is 2.70 bits per heavy atom. The lowest BCUT2D eigenvalue weighted by atomic mass is 10.0. The summed E-state index contributed by atoms with van der Waals surface area (Å²) in [4.78, 5) is 9.24. The third-order valence-electron chi connectivity index (χ3n) is 5.67. The summed E-state index contributed by atoms with van der Waals surface area (Å²) in [6.07, 6.45) is 1.58. The molecule has 2 aromatic carbocycles. The molecule has 0 atom stereocenters. The van der Waals surface area contributed by atoms with Crippen LogP contribution in [0.5, 0.6) is 0 Å². The van der Waals surface area contributed by atoms with Crippen LogP contribution in [0.3, 0.4) is 0 Å². The standard InChI is InChI=1S/C22H25FN6O/c1-16-9-18(25-22-24-15-29(26-22)19-4-2-3-17(23)11-19)12-20(10-16)28-13-21(14-28)27-5-7-30-8-6-27/h2-4,9-12,15,21H,5-8,13-14H2,1H3,(H,25,26). The second kappa shape index (κ2) is 8.04. The number of anilines is 3. The van der Waals surface area contributed by atoms with Gasteiger partial charge in [-0.2, -0.15) is 4.98 Å². The lowest BCUT2D eigenvalue weighted by Gasteiger charge is -2.47. The maximum atomic E-state index is 13.5. The number of halogens is 1. The number of hydrogen-bond acceptors (Lipinski definition) is 6. The molecular formula is C22H25FN6O. The molecule has 5 rings (SSSR count). The van der Waals surface area contributed by atoms with Gasteiger partial charge in [0.05, 0.1) is 18.9 Å². The van der Waals surface area contributed by atoms with Crippen LogP contribution in [-0.2, 0) is 4.74 Å². The molecule has 1 aromatic heterocycles. The summed E-state index contributed by atoms with van der Waals surface area (Å²) in [7, 11) is 0. The molecule has 7 nitrogen and oxygen atoms in total. The van der Waals surface area contributed by atoms with Gasteiger partial charge in [-0.25, -0.2) is 9.07 Å². The summed E-state index contributed by atoms with van der Waals surface area (Å²) in [5.41, 5.74) is 3.95. The summed E-state index contributed by atoms with van der Waals surface area (Å²) in [5, 5.41) is 7.70. The van der Waals surface area contributed by atoms with Gasteiger partial charge in [0.2, 0.25) is 5.95 Å². The second-order valence-corrected chi connectivity index (χ2v) is 7.88. The first-order valence-electron chi connectivity index (χ1n) is 10.3. The molecule has 30 heavy (non-hydrogen) atoms. The first-order valence-corrected chi connectivity index (χ1v) is 10.3. The van der Waals surface area contributed by atoms with Crippen molar-refractivity contribution in [3.05, 3.63) is 60.2 Å². The fourth-order valence-corrected chi connectivity index (χ4v) is 4.05. The highest BCUT2D eigenvalue weighted by Gasteiger charge is 2.32. The summed E-state index contributed by atoms with van der Waals surface area (Å²) < 4.78 is 20.5. The van der Waals surface area contributed by atoms with Gasteiger partial charge in [0.1, 0.15) is 12.1 Å². The van der Waals surface area contributed by atoms with Gasteiger partial charge in [0.15, 0.2) is 0 Å². The summed E-state index contributed by atoms with van der Waals surface area (Å²) in [5.74, 6) is 0.177. The van der Waals surface area contributed by atoms with Crippen LogP contribution in [0, 0.1) is 12.7 Å². The van der Waals surface area contributed by atoms with Crippen LogP contribution in [0.25, 0.3) is 5.69 Å². The van der Waals surface area contributed by atoms with E-state index in [1.807, 2.05) is 0 Å². The lowest BCUT2D eigenvalue weighted by Crippen LogP contribution is -2.61. The highest BCUT2D eigenvalue weighted by atomic mass is 19.1. The average Bonchev–Trinajstić information content (AvgIpc) is 3.16. The van der Waals surface area contributed by atoms with Crippen molar-refractivity contribution in [2.75, 3.05) is 49.6 Å². The van der Waals surface area contributed by atoms with Gasteiger partial charge in [-0.3, -0.25) is 4.90 Å². The molecule has 3 heterocycles. The van der Waals surface area contributed by atoms with Gasteiger partial charge in [-0.1, -0.05) is 6.07 Å². The molecule has 2 saturated heterocycles. The highest BCUT2D eigenvalue weighted by molar-refractivity contribution is 5.65. The van der Waals surface area contributed by atoms with Crippen LogP contribution in [0.15, 0.2) is 48.8 Å². The topological polar surface area (TPSA) is 58.5 Å². The van der Waals surface area contributed by atoms with E-state index in [1.54, 1.807) is 23.1 Å². The van der Waals surface area contributed by atoms with Crippen LogP contribution < -0.4 is 10.2 Å². The number of nitrogens with one attached hydrogen (secondary N) is 1. The molecule has 0 bridgehead atoms. The predicted molar refractivity (Wildman–Crippen MR) is 114 cm³/mol. The van der Waals surface area contributed by atoms with E-state index in [9.17, 15) is 4.39 Å². The highest BCUT2D eigenvalue weighted by Crippen LogP contribution is 2.29. The summed E-state index contributed by atoms with van der Waals surface area (Å²) in [6.45, 7) is 7.89. The van der Waals surface area contributed by atoms with Crippen molar-refractivity contribution in [2.24, 2.45) is 0 Å². The van der Waals surface area contributed by atoms with Crippen molar-refractivity contribution in [3.8, 4) is 5.69 Å². The fraction of sp³-hybridized carbons (Fsp3) is 0.364. The van der Waals surface area contributed by atoms with Crippen molar-refractivity contribution in [1.82, 2.24) is 19.7 Å². The van der Waals surface area contributed by atoms with Crippen LogP contribution in [0.1, 0.15) is 5.56 Å². The molecule has 1 N–H and O–H groups in total. The van der Waals surface area contributed by atoms with E-state index in [4.69, 9.17) is 4.74 Å². The van der Waals surface area contributed by atoms with Crippen molar-refractivity contribution in [2.45, 2.75) is 13.0 Å². The molecule has 0 radical (unpaired) electrons. The van der Waals surface area contributed by atoms with E-state index in [-0.39, 0.29) is 5.82 Å². The van der Waals surface area contributed by atoms with Crippen molar-refractivity contribution < 1.29 is 9.13 Å². The normalized spacial score (nSPS) is 17.7. The quantitative estimate of drug-likeness (QED) is 0.701. The maximum absolute atomic E-state index is 13.5. The van der Waals surface area contributed by atoms with Gasteiger partial charge in [-0.15, -0.1) is 5.10 Å². The number of ether oxygens (including phenoxy) is 1. The molecule has 2 fully saturated rings. The third-order valence-corrected chi connectivity index (χ3v) is 5.67. The van der Waals surface area contributed by atoms with Crippen LogP contribution in [-0.4, -0.2) is 65.1 Å². The van der Waals surface area contributed by atoms with E-state index in [0.29, 0.717) is 17.7 Å². The molecule has 2 aliphatic heterocycles. The molecule has 0 spiro atoms. The Morgan fingerprint density at radius 2 is 1.90 bits per heavy atom. The predicted octanol–water partition coefficient (Wildman–Crippen LogP) is 2.98. The number of benzene rings is 2. The molecule has 0 amide bonds. The SMILES string of the molecule is Cc1cc(Nc2ncn(-c3cccc(F)c3)n2)cc(N2CC(N3CCOCC3)C2)c1. The minimum atomic E-state index is -0.300. The second-order valence-electron chi connectivity index (χ2n) is 7.88. The smallest absolute Gasteiger partial charge is 0.246 e. The van der Waals surface area contributed by atoms with Crippen LogP contribution in [0.4, 0.5) is 21.7 Å². The minimum absolute atomic E-state index is 0.300.